The van der Waals surface area contributed by atoms with Crippen LogP contribution in [0.4, 0.5) is 11.4 Å². The van der Waals surface area contributed by atoms with Crippen LogP contribution in [-0.4, -0.2) is 20.6 Å². The number of amides is 1. The van der Waals surface area contributed by atoms with Gasteiger partial charge in [0.05, 0.1) is 17.6 Å². The first-order valence-corrected chi connectivity index (χ1v) is 6.82. The Morgan fingerprint density at radius 1 is 1.24 bits per heavy atom. The monoisotopic (exact) mass is 254 g/mol. The van der Waals surface area contributed by atoms with Crippen molar-refractivity contribution >= 4 is 27.3 Å². The Kier molecular flexibility index (Phi) is 4.28. The Morgan fingerprint density at radius 3 is 2.35 bits per heavy atom. The van der Waals surface area contributed by atoms with Gasteiger partial charge in [-0.3, -0.25) is 9.52 Å². The highest BCUT2D eigenvalue weighted by atomic mass is 32.2. The lowest BCUT2D eigenvalue weighted by Gasteiger charge is -2.10. The van der Waals surface area contributed by atoms with E-state index in [2.05, 4.69) is 10.0 Å². The van der Waals surface area contributed by atoms with Crippen LogP contribution in [0.25, 0.3) is 0 Å². The van der Waals surface area contributed by atoms with Crippen LogP contribution >= 0.6 is 0 Å². The summed E-state index contributed by atoms with van der Waals surface area (Å²) < 4.78 is 24.6. The average Bonchev–Trinajstić information content (AvgIpc) is 2.19. The van der Waals surface area contributed by atoms with E-state index >= 15 is 0 Å². The molecular weight excluding hydrogens is 240 g/mol. The average molecular weight is 254 g/mol. The number of anilines is 2. The fourth-order valence-electron chi connectivity index (χ4n) is 1.21. The Bertz CT molecular complexity index is 535. The zero-order chi connectivity index (χ0) is 12.9. The Hall–Kier alpha value is -1.82. The number of allylic oxidation sites excluding steroid dienone is 1. The highest BCUT2D eigenvalue weighted by Gasteiger charge is 2.07. The summed E-state index contributed by atoms with van der Waals surface area (Å²) in [5, 5.41) is 2.58. The zero-order valence-corrected chi connectivity index (χ0v) is 10.4. The quantitative estimate of drug-likeness (QED) is 0.801. The van der Waals surface area contributed by atoms with Gasteiger partial charge in [0.1, 0.15) is 0 Å². The standard InChI is InChI=1S/C11H14N2O3S/c1-3-6-11(14)12-9-7-4-5-8-10(9)13-17(2,15)16/h3-8,13H,1-2H3,(H,12,14). The molecule has 0 aliphatic carbocycles. The largest absolute Gasteiger partial charge is 0.321 e. The number of carbonyl (C=O) groups is 1. The Morgan fingerprint density at radius 2 is 1.82 bits per heavy atom. The van der Waals surface area contributed by atoms with Gasteiger partial charge >= 0.3 is 0 Å². The number of rotatable bonds is 4. The molecule has 0 radical (unpaired) electrons. The van der Waals surface area contributed by atoms with Crippen molar-refractivity contribution in [3.05, 3.63) is 36.4 Å². The van der Waals surface area contributed by atoms with Crippen molar-refractivity contribution in [3.8, 4) is 0 Å². The Labute approximate surface area is 101 Å². The van der Waals surface area contributed by atoms with Gasteiger partial charge in [-0.15, -0.1) is 0 Å². The molecule has 1 amide bonds. The smallest absolute Gasteiger partial charge is 0.248 e. The van der Waals surface area contributed by atoms with Crippen LogP contribution < -0.4 is 10.0 Å². The van der Waals surface area contributed by atoms with E-state index in [-0.39, 0.29) is 5.91 Å². The van der Waals surface area contributed by atoms with E-state index in [9.17, 15) is 13.2 Å². The molecule has 0 saturated heterocycles. The van der Waals surface area contributed by atoms with E-state index < -0.39 is 10.0 Å². The number of carbonyl (C=O) groups excluding carboxylic acids is 1. The molecule has 1 aromatic rings. The SMILES string of the molecule is CC=CC(=O)Nc1ccccc1NS(C)(=O)=O. The van der Waals surface area contributed by atoms with E-state index in [1.54, 1.807) is 37.3 Å². The summed E-state index contributed by atoms with van der Waals surface area (Å²) in [6, 6.07) is 6.58. The third kappa shape index (κ3) is 4.69. The first kappa shape index (κ1) is 13.2. The van der Waals surface area contributed by atoms with Gasteiger partial charge in [-0.25, -0.2) is 8.42 Å². The molecule has 0 saturated carbocycles. The maximum Gasteiger partial charge on any atom is 0.248 e. The number of para-hydroxylation sites is 2. The van der Waals surface area contributed by atoms with Crippen molar-refractivity contribution in [1.82, 2.24) is 0 Å². The number of nitrogens with one attached hydrogen (secondary N) is 2. The molecule has 0 aliphatic heterocycles. The molecule has 1 rings (SSSR count). The van der Waals surface area contributed by atoms with Gasteiger partial charge in [-0.05, 0) is 25.1 Å². The predicted molar refractivity (Wildman–Crippen MR) is 68.4 cm³/mol. The molecule has 0 fully saturated rings. The second-order valence-corrected chi connectivity index (χ2v) is 5.16. The molecule has 6 heteroatoms. The summed E-state index contributed by atoms with van der Waals surface area (Å²) in [6.07, 6.45) is 4.01. The molecular formula is C11H14N2O3S. The van der Waals surface area contributed by atoms with Gasteiger partial charge in [0.15, 0.2) is 0 Å². The fourth-order valence-corrected chi connectivity index (χ4v) is 1.78. The van der Waals surface area contributed by atoms with Gasteiger partial charge in [0, 0.05) is 0 Å². The molecule has 17 heavy (non-hydrogen) atoms. The molecule has 0 bridgehead atoms. The minimum atomic E-state index is -3.37. The summed E-state index contributed by atoms with van der Waals surface area (Å²) in [7, 11) is -3.37. The predicted octanol–water partition coefficient (Wildman–Crippen LogP) is 1.57. The number of hydrogen-bond donors (Lipinski definition) is 2. The lowest BCUT2D eigenvalue weighted by atomic mass is 10.2. The summed E-state index contributed by atoms with van der Waals surface area (Å²) in [5.41, 5.74) is 0.758. The molecule has 2 N–H and O–H groups in total. The molecule has 0 unspecified atom stereocenters. The van der Waals surface area contributed by atoms with Crippen molar-refractivity contribution < 1.29 is 13.2 Å². The van der Waals surface area contributed by atoms with Gasteiger partial charge < -0.3 is 5.32 Å². The van der Waals surface area contributed by atoms with Crippen LogP contribution in [0.3, 0.4) is 0 Å². The first-order chi connectivity index (χ1) is 7.92. The second-order valence-electron chi connectivity index (χ2n) is 3.41. The molecule has 0 atom stereocenters. The van der Waals surface area contributed by atoms with Crippen LogP contribution in [0.1, 0.15) is 6.92 Å². The van der Waals surface area contributed by atoms with Crippen molar-refractivity contribution in [2.75, 3.05) is 16.3 Å². The van der Waals surface area contributed by atoms with Gasteiger partial charge in [-0.2, -0.15) is 0 Å². The van der Waals surface area contributed by atoms with Crippen molar-refractivity contribution in [1.29, 1.82) is 0 Å². The van der Waals surface area contributed by atoms with E-state index in [0.717, 1.165) is 6.26 Å². The molecule has 1 aromatic carbocycles. The minimum absolute atomic E-state index is 0.310. The maximum atomic E-state index is 11.4. The van der Waals surface area contributed by atoms with Crippen molar-refractivity contribution in [2.24, 2.45) is 0 Å². The first-order valence-electron chi connectivity index (χ1n) is 4.93. The molecule has 0 spiro atoms. The second kappa shape index (κ2) is 5.49. The highest BCUT2D eigenvalue weighted by Crippen LogP contribution is 2.21. The minimum Gasteiger partial charge on any atom is -0.321 e. The van der Waals surface area contributed by atoms with E-state index in [0.29, 0.717) is 11.4 Å². The molecule has 0 heterocycles. The third-order valence-electron chi connectivity index (χ3n) is 1.80. The molecule has 5 nitrogen and oxygen atoms in total. The summed E-state index contributed by atoms with van der Waals surface area (Å²) in [6.45, 7) is 1.72. The Balaban J connectivity index is 2.96. The number of hydrogen-bond acceptors (Lipinski definition) is 3. The lowest BCUT2D eigenvalue weighted by Crippen LogP contribution is -2.14. The molecule has 0 aromatic heterocycles. The van der Waals surface area contributed by atoms with Crippen molar-refractivity contribution in [3.63, 3.8) is 0 Å². The van der Waals surface area contributed by atoms with Gasteiger partial charge in [0.25, 0.3) is 0 Å². The van der Waals surface area contributed by atoms with Crippen LogP contribution in [0.15, 0.2) is 36.4 Å². The van der Waals surface area contributed by atoms with Crippen molar-refractivity contribution in [2.45, 2.75) is 6.92 Å². The topological polar surface area (TPSA) is 75.3 Å². The fraction of sp³-hybridized carbons (Fsp3) is 0.182. The van der Waals surface area contributed by atoms with Crippen LogP contribution in [0, 0.1) is 0 Å². The zero-order valence-electron chi connectivity index (χ0n) is 9.60. The van der Waals surface area contributed by atoms with Gasteiger partial charge in [-0.1, -0.05) is 18.2 Å². The number of sulfonamides is 1. The summed E-state index contributed by atoms with van der Waals surface area (Å²) >= 11 is 0. The maximum absolute atomic E-state index is 11.4. The summed E-state index contributed by atoms with van der Waals surface area (Å²) in [5.74, 6) is -0.310. The van der Waals surface area contributed by atoms with Gasteiger partial charge in [0.2, 0.25) is 15.9 Å². The highest BCUT2D eigenvalue weighted by molar-refractivity contribution is 7.92. The lowest BCUT2D eigenvalue weighted by molar-refractivity contribution is -0.111. The van der Waals surface area contributed by atoms with Crippen LogP contribution in [-0.2, 0) is 14.8 Å². The van der Waals surface area contributed by atoms with Crippen LogP contribution in [0.5, 0.6) is 0 Å². The van der Waals surface area contributed by atoms with Crippen LogP contribution in [0.2, 0.25) is 0 Å². The van der Waals surface area contributed by atoms with E-state index in [1.807, 2.05) is 0 Å². The normalized spacial score (nSPS) is 11.4. The summed E-state index contributed by atoms with van der Waals surface area (Å²) in [4.78, 5) is 11.4. The third-order valence-corrected chi connectivity index (χ3v) is 2.39. The van der Waals surface area contributed by atoms with E-state index in [4.69, 9.17) is 0 Å². The number of benzene rings is 1. The molecule has 0 aliphatic rings. The molecule has 92 valence electrons. The van der Waals surface area contributed by atoms with E-state index in [1.165, 1.54) is 6.08 Å².